The van der Waals surface area contributed by atoms with E-state index in [-0.39, 0.29) is 17.9 Å². The number of carbonyl (C=O) groups is 1. The highest BCUT2D eigenvalue weighted by Gasteiger charge is 2.12. The second-order valence-electron chi connectivity index (χ2n) is 2.88. The van der Waals surface area contributed by atoms with Crippen molar-refractivity contribution < 1.29 is 14.6 Å². The minimum absolute atomic E-state index is 0.0248. The van der Waals surface area contributed by atoms with Crippen LogP contribution in [0.5, 0.6) is 5.75 Å². The van der Waals surface area contributed by atoms with E-state index in [1.54, 1.807) is 12.1 Å². The minimum Gasteiger partial charge on any atom is -0.495 e. The number of rotatable bonds is 3. The number of hydrogen-bond donors (Lipinski definition) is 1. The number of benzene rings is 1. The SMILES string of the molecule is COc1c(C#CCN=[N+]=[N-])cccc1C(=O)O. The van der Waals surface area contributed by atoms with Gasteiger partial charge in [0.1, 0.15) is 11.3 Å². The smallest absolute Gasteiger partial charge is 0.339 e. The average molecular weight is 231 g/mol. The first-order valence-electron chi connectivity index (χ1n) is 4.60. The Labute approximate surface area is 97.5 Å². The molecule has 0 amide bonds. The molecule has 0 aliphatic heterocycles. The molecule has 0 aliphatic carbocycles. The summed E-state index contributed by atoms with van der Waals surface area (Å²) in [5.41, 5.74) is 8.56. The van der Waals surface area contributed by atoms with Gasteiger partial charge in [0.05, 0.1) is 19.2 Å². The molecule has 1 N–H and O–H groups in total. The van der Waals surface area contributed by atoms with Gasteiger partial charge in [0.15, 0.2) is 0 Å². The maximum Gasteiger partial charge on any atom is 0.339 e. The van der Waals surface area contributed by atoms with Crippen LogP contribution in [-0.2, 0) is 0 Å². The molecule has 6 nitrogen and oxygen atoms in total. The summed E-state index contributed by atoms with van der Waals surface area (Å²) in [4.78, 5) is 13.5. The molecule has 0 aromatic heterocycles. The lowest BCUT2D eigenvalue weighted by Gasteiger charge is -2.06. The molecule has 0 unspecified atom stereocenters. The van der Waals surface area contributed by atoms with Crippen molar-refractivity contribution in [2.24, 2.45) is 5.11 Å². The van der Waals surface area contributed by atoms with E-state index in [1.165, 1.54) is 13.2 Å². The predicted molar refractivity (Wildman–Crippen MR) is 60.8 cm³/mol. The van der Waals surface area contributed by atoms with E-state index in [0.29, 0.717) is 5.56 Å². The van der Waals surface area contributed by atoms with Crippen LogP contribution < -0.4 is 4.74 Å². The van der Waals surface area contributed by atoms with Crippen LogP contribution in [0.25, 0.3) is 10.4 Å². The third-order valence-electron chi connectivity index (χ3n) is 1.89. The van der Waals surface area contributed by atoms with Gasteiger partial charge < -0.3 is 9.84 Å². The maximum absolute atomic E-state index is 10.9. The van der Waals surface area contributed by atoms with Gasteiger partial charge in [-0.25, -0.2) is 4.79 Å². The third kappa shape index (κ3) is 3.16. The van der Waals surface area contributed by atoms with Crippen LogP contribution in [0.1, 0.15) is 15.9 Å². The highest BCUT2D eigenvalue weighted by molar-refractivity contribution is 5.91. The monoisotopic (exact) mass is 231 g/mol. The standard InChI is InChI=1S/C11H9N3O3/c1-17-10-8(5-3-7-13-14-12)4-2-6-9(10)11(15)16/h2,4,6H,7H2,1H3,(H,15,16). The molecule has 0 bridgehead atoms. The van der Waals surface area contributed by atoms with Gasteiger partial charge in [0, 0.05) is 4.91 Å². The number of para-hydroxylation sites is 1. The topological polar surface area (TPSA) is 95.3 Å². The highest BCUT2D eigenvalue weighted by atomic mass is 16.5. The Morgan fingerprint density at radius 2 is 2.41 bits per heavy atom. The van der Waals surface area contributed by atoms with Gasteiger partial charge in [0.25, 0.3) is 0 Å². The molecule has 0 radical (unpaired) electrons. The molecule has 0 heterocycles. The Balaban J connectivity index is 3.14. The number of hydrogen-bond acceptors (Lipinski definition) is 3. The number of carboxylic acids is 1. The van der Waals surface area contributed by atoms with E-state index in [2.05, 4.69) is 21.9 Å². The van der Waals surface area contributed by atoms with Crippen LogP contribution in [0, 0.1) is 11.8 Å². The Morgan fingerprint density at radius 3 is 3.00 bits per heavy atom. The second kappa shape index (κ2) is 6.05. The average Bonchev–Trinajstić information content (AvgIpc) is 2.34. The lowest BCUT2D eigenvalue weighted by atomic mass is 10.1. The van der Waals surface area contributed by atoms with Crippen LogP contribution >= 0.6 is 0 Å². The molecule has 1 aromatic carbocycles. The lowest BCUT2D eigenvalue weighted by molar-refractivity contribution is 0.0693. The summed E-state index contributed by atoms with van der Waals surface area (Å²) in [5.74, 6) is 4.41. The summed E-state index contributed by atoms with van der Waals surface area (Å²) >= 11 is 0. The van der Waals surface area contributed by atoms with Gasteiger partial charge in [-0.1, -0.05) is 23.0 Å². The summed E-state index contributed by atoms with van der Waals surface area (Å²) in [7, 11) is 1.38. The van der Waals surface area contributed by atoms with Crippen molar-refractivity contribution in [1.29, 1.82) is 0 Å². The molecule has 86 valence electrons. The maximum atomic E-state index is 10.9. The molecule has 0 atom stereocenters. The van der Waals surface area contributed by atoms with Crippen LogP contribution in [-0.4, -0.2) is 24.7 Å². The number of carboxylic acid groups (broad SMARTS) is 1. The van der Waals surface area contributed by atoms with Crippen molar-refractivity contribution in [3.8, 4) is 17.6 Å². The summed E-state index contributed by atoms with van der Waals surface area (Å²) < 4.78 is 5.01. The van der Waals surface area contributed by atoms with E-state index in [0.717, 1.165) is 0 Å². The van der Waals surface area contributed by atoms with Crippen molar-refractivity contribution in [2.75, 3.05) is 13.7 Å². The molecule has 0 aliphatic rings. The van der Waals surface area contributed by atoms with Crippen molar-refractivity contribution >= 4 is 5.97 Å². The quantitative estimate of drug-likeness (QED) is 0.373. The van der Waals surface area contributed by atoms with Crippen LogP contribution in [0.15, 0.2) is 23.3 Å². The summed E-state index contributed by atoms with van der Waals surface area (Å²) in [6, 6.07) is 4.64. The Hall–Kier alpha value is -2.64. The lowest BCUT2D eigenvalue weighted by Crippen LogP contribution is -2.01. The third-order valence-corrected chi connectivity index (χ3v) is 1.89. The normalized spacial score (nSPS) is 8.53. The molecule has 0 spiro atoms. The first-order valence-corrected chi connectivity index (χ1v) is 4.60. The summed E-state index contributed by atoms with van der Waals surface area (Å²) in [6.07, 6.45) is 0. The van der Waals surface area contributed by atoms with Crippen molar-refractivity contribution in [2.45, 2.75) is 0 Å². The van der Waals surface area contributed by atoms with Gasteiger partial charge in [-0.15, -0.1) is 0 Å². The molecule has 0 fully saturated rings. The zero-order valence-electron chi connectivity index (χ0n) is 9.04. The van der Waals surface area contributed by atoms with Crippen molar-refractivity contribution in [3.63, 3.8) is 0 Å². The number of methoxy groups -OCH3 is 1. The van der Waals surface area contributed by atoms with E-state index in [1.807, 2.05) is 0 Å². The first-order chi connectivity index (χ1) is 8.20. The van der Waals surface area contributed by atoms with E-state index in [4.69, 9.17) is 15.4 Å². The largest absolute Gasteiger partial charge is 0.495 e. The van der Waals surface area contributed by atoms with E-state index < -0.39 is 5.97 Å². The Morgan fingerprint density at radius 1 is 1.65 bits per heavy atom. The molecule has 17 heavy (non-hydrogen) atoms. The number of ether oxygens (including phenoxy) is 1. The zero-order valence-corrected chi connectivity index (χ0v) is 9.04. The second-order valence-corrected chi connectivity index (χ2v) is 2.88. The van der Waals surface area contributed by atoms with Crippen LogP contribution in [0.2, 0.25) is 0 Å². The molecule has 0 saturated heterocycles. The fraction of sp³-hybridized carbons (Fsp3) is 0.182. The summed E-state index contributed by atoms with van der Waals surface area (Å²) in [6.45, 7) is 0.0248. The van der Waals surface area contributed by atoms with Gasteiger partial charge in [-0.3, -0.25) is 0 Å². The predicted octanol–water partition coefficient (Wildman–Crippen LogP) is 2.06. The van der Waals surface area contributed by atoms with E-state index in [9.17, 15) is 4.79 Å². The number of nitrogens with zero attached hydrogens (tertiary/aromatic N) is 3. The van der Waals surface area contributed by atoms with Gasteiger partial charge in [-0.2, -0.15) is 0 Å². The first kappa shape index (κ1) is 12.4. The fourth-order valence-corrected chi connectivity index (χ4v) is 1.23. The minimum atomic E-state index is -1.08. The molecular weight excluding hydrogens is 222 g/mol. The van der Waals surface area contributed by atoms with E-state index >= 15 is 0 Å². The number of aromatic carboxylic acids is 1. The van der Waals surface area contributed by atoms with Gasteiger partial charge in [0.2, 0.25) is 0 Å². The zero-order chi connectivity index (χ0) is 12.7. The molecular formula is C11H9N3O3. The van der Waals surface area contributed by atoms with Crippen LogP contribution in [0.3, 0.4) is 0 Å². The Kier molecular flexibility index (Phi) is 4.43. The molecule has 0 saturated carbocycles. The molecule has 6 heteroatoms. The summed E-state index contributed by atoms with van der Waals surface area (Å²) in [5, 5.41) is 12.2. The Bertz CT molecular complexity index is 537. The van der Waals surface area contributed by atoms with Crippen molar-refractivity contribution in [3.05, 3.63) is 39.8 Å². The highest BCUT2D eigenvalue weighted by Crippen LogP contribution is 2.22. The molecule has 1 rings (SSSR count). The molecule has 1 aromatic rings. The van der Waals surface area contributed by atoms with Gasteiger partial charge in [-0.05, 0) is 17.7 Å². The number of azide groups is 1. The fourth-order valence-electron chi connectivity index (χ4n) is 1.23. The van der Waals surface area contributed by atoms with Crippen LogP contribution in [0.4, 0.5) is 0 Å². The van der Waals surface area contributed by atoms with Crippen molar-refractivity contribution in [1.82, 2.24) is 0 Å². The van der Waals surface area contributed by atoms with Gasteiger partial charge >= 0.3 is 5.97 Å².